The van der Waals surface area contributed by atoms with Crippen LogP contribution in [0.5, 0.6) is 5.75 Å². The lowest BCUT2D eigenvalue weighted by Gasteiger charge is -2.18. The summed E-state index contributed by atoms with van der Waals surface area (Å²) in [5.74, 6) is -1.13. The highest BCUT2D eigenvalue weighted by molar-refractivity contribution is 6.53. The first-order chi connectivity index (χ1) is 16.4. The molecule has 34 heavy (non-hydrogen) atoms. The topological polar surface area (TPSA) is 75.7 Å². The number of imide groups is 1. The predicted molar refractivity (Wildman–Crippen MR) is 132 cm³/mol. The van der Waals surface area contributed by atoms with E-state index >= 15 is 0 Å². The Morgan fingerprint density at radius 2 is 1.65 bits per heavy atom. The number of ether oxygens (including phenoxy) is 1. The lowest BCUT2D eigenvalue weighted by atomic mass is 10.1. The number of hydrogen-bond acceptors (Lipinski definition) is 5. The third kappa shape index (κ3) is 4.58. The quantitative estimate of drug-likeness (QED) is 0.279. The Morgan fingerprint density at radius 3 is 2.35 bits per heavy atom. The van der Waals surface area contributed by atoms with Gasteiger partial charge in [-0.1, -0.05) is 55.8 Å². The van der Waals surface area contributed by atoms with Crippen LogP contribution in [0.1, 0.15) is 35.3 Å². The summed E-state index contributed by atoms with van der Waals surface area (Å²) >= 11 is 6.24. The summed E-state index contributed by atoms with van der Waals surface area (Å²) in [5, 5.41) is 2.74. The molecule has 0 spiro atoms. The molecule has 1 heterocycles. The maximum Gasteiger partial charge on any atom is 0.343 e. The number of amides is 2. The van der Waals surface area contributed by atoms with Gasteiger partial charge in [0.25, 0.3) is 11.8 Å². The standard InChI is InChI=1S/C27H23ClN2O4/c1-3-17-8-7-10-21(16-17)34-27(33)19-12-14-20(15-13-19)29-24-23(28)25(31)30(26(24)32)22-11-6-5-9-18(22)4-2/h5-16,29H,3-4H2,1-2H3. The first kappa shape index (κ1) is 23.3. The molecule has 0 aromatic heterocycles. The van der Waals surface area contributed by atoms with Crippen molar-refractivity contribution in [1.82, 2.24) is 0 Å². The van der Waals surface area contributed by atoms with E-state index in [1.54, 1.807) is 42.5 Å². The Bertz CT molecular complexity index is 1300. The number of esters is 1. The molecule has 0 atom stereocenters. The van der Waals surface area contributed by atoms with E-state index in [2.05, 4.69) is 5.32 Å². The fourth-order valence-electron chi connectivity index (χ4n) is 3.69. The zero-order valence-corrected chi connectivity index (χ0v) is 19.6. The summed E-state index contributed by atoms with van der Waals surface area (Å²) in [7, 11) is 0. The number of carbonyl (C=O) groups excluding carboxylic acids is 3. The first-order valence-electron chi connectivity index (χ1n) is 11.0. The zero-order valence-electron chi connectivity index (χ0n) is 18.8. The summed E-state index contributed by atoms with van der Waals surface area (Å²) in [6, 6.07) is 21.0. The van der Waals surface area contributed by atoms with Crippen LogP contribution in [0.4, 0.5) is 11.4 Å². The summed E-state index contributed by atoms with van der Waals surface area (Å²) in [6.07, 6.45) is 1.50. The van der Waals surface area contributed by atoms with Crippen LogP contribution in [0.2, 0.25) is 0 Å². The highest BCUT2D eigenvalue weighted by atomic mass is 35.5. The predicted octanol–water partition coefficient (Wildman–Crippen LogP) is 5.47. The van der Waals surface area contributed by atoms with Gasteiger partial charge in [0.2, 0.25) is 0 Å². The van der Waals surface area contributed by atoms with Crippen molar-refractivity contribution in [2.24, 2.45) is 0 Å². The molecule has 0 saturated carbocycles. The Labute approximate surface area is 202 Å². The van der Waals surface area contributed by atoms with Crippen LogP contribution in [0.15, 0.2) is 83.5 Å². The van der Waals surface area contributed by atoms with Gasteiger partial charge in [-0.05, 0) is 66.4 Å². The van der Waals surface area contributed by atoms with E-state index in [-0.39, 0.29) is 10.7 Å². The number of hydrogen-bond donors (Lipinski definition) is 1. The summed E-state index contributed by atoms with van der Waals surface area (Å²) in [5.41, 5.74) is 3.29. The molecule has 172 valence electrons. The molecule has 0 bridgehead atoms. The molecular weight excluding hydrogens is 452 g/mol. The van der Waals surface area contributed by atoms with E-state index in [4.69, 9.17) is 16.3 Å². The van der Waals surface area contributed by atoms with E-state index in [0.717, 1.165) is 22.4 Å². The molecule has 1 N–H and O–H groups in total. The summed E-state index contributed by atoms with van der Waals surface area (Å²) in [6.45, 7) is 3.98. The van der Waals surface area contributed by atoms with Crippen LogP contribution in [-0.4, -0.2) is 17.8 Å². The van der Waals surface area contributed by atoms with Gasteiger partial charge in [0.1, 0.15) is 16.5 Å². The van der Waals surface area contributed by atoms with Crippen molar-refractivity contribution in [3.05, 3.63) is 100 Å². The lowest BCUT2D eigenvalue weighted by Crippen LogP contribution is -2.33. The number of halogens is 1. The number of benzene rings is 3. The second kappa shape index (κ2) is 9.93. The molecule has 0 fully saturated rings. The van der Waals surface area contributed by atoms with Crippen LogP contribution in [0.25, 0.3) is 0 Å². The van der Waals surface area contributed by atoms with Gasteiger partial charge in [0, 0.05) is 5.69 Å². The number of rotatable bonds is 7. The SMILES string of the molecule is CCc1cccc(OC(=O)c2ccc(NC3=C(Cl)C(=O)N(c4ccccc4CC)C3=O)cc2)c1. The minimum atomic E-state index is -0.579. The second-order valence-corrected chi connectivity index (χ2v) is 8.09. The van der Waals surface area contributed by atoms with Crippen molar-refractivity contribution in [2.75, 3.05) is 10.2 Å². The Morgan fingerprint density at radius 1 is 0.912 bits per heavy atom. The Hall–Kier alpha value is -3.90. The molecule has 7 heteroatoms. The maximum absolute atomic E-state index is 13.1. The summed E-state index contributed by atoms with van der Waals surface area (Å²) in [4.78, 5) is 39.4. The minimum absolute atomic E-state index is 0.00993. The van der Waals surface area contributed by atoms with Crippen LogP contribution in [0.3, 0.4) is 0 Å². The van der Waals surface area contributed by atoms with E-state index in [1.165, 1.54) is 0 Å². The van der Waals surface area contributed by atoms with Gasteiger partial charge in [-0.3, -0.25) is 9.59 Å². The Kier molecular flexibility index (Phi) is 6.80. The Balaban J connectivity index is 1.49. The monoisotopic (exact) mass is 474 g/mol. The van der Waals surface area contributed by atoms with Crippen molar-refractivity contribution in [1.29, 1.82) is 0 Å². The van der Waals surface area contributed by atoms with Gasteiger partial charge >= 0.3 is 5.97 Å². The molecule has 3 aromatic carbocycles. The van der Waals surface area contributed by atoms with Crippen LogP contribution < -0.4 is 15.0 Å². The molecule has 1 aliphatic rings. The largest absolute Gasteiger partial charge is 0.423 e. The van der Waals surface area contributed by atoms with Gasteiger partial charge in [-0.2, -0.15) is 0 Å². The minimum Gasteiger partial charge on any atom is -0.423 e. The van der Waals surface area contributed by atoms with E-state index in [9.17, 15) is 14.4 Å². The number of nitrogens with zero attached hydrogens (tertiary/aromatic N) is 1. The smallest absolute Gasteiger partial charge is 0.343 e. The molecule has 3 aromatic rings. The third-order valence-corrected chi connectivity index (χ3v) is 5.90. The fourth-order valence-corrected chi connectivity index (χ4v) is 3.90. The molecule has 0 saturated heterocycles. The highest BCUT2D eigenvalue weighted by Crippen LogP contribution is 2.32. The average Bonchev–Trinajstić information content (AvgIpc) is 3.07. The van der Waals surface area contributed by atoms with Gasteiger partial charge in [-0.25, -0.2) is 9.69 Å². The van der Waals surface area contributed by atoms with Gasteiger partial charge < -0.3 is 10.1 Å². The van der Waals surface area contributed by atoms with Crippen LogP contribution >= 0.6 is 11.6 Å². The van der Waals surface area contributed by atoms with Crippen molar-refractivity contribution >= 4 is 40.8 Å². The van der Waals surface area contributed by atoms with Crippen molar-refractivity contribution in [3.8, 4) is 5.75 Å². The molecular formula is C27H23ClN2O4. The first-order valence-corrected chi connectivity index (χ1v) is 11.3. The average molecular weight is 475 g/mol. The number of para-hydroxylation sites is 1. The molecule has 4 rings (SSSR count). The van der Waals surface area contributed by atoms with Gasteiger partial charge in [0.15, 0.2) is 0 Å². The van der Waals surface area contributed by atoms with Gasteiger partial charge in [0.05, 0.1) is 11.3 Å². The van der Waals surface area contributed by atoms with Crippen molar-refractivity contribution < 1.29 is 19.1 Å². The maximum atomic E-state index is 13.1. The normalized spacial score (nSPS) is 13.4. The molecule has 0 radical (unpaired) electrons. The third-order valence-electron chi connectivity index (χ3n) is 5.55. The molecule has 2 amide bonds. The number of aryl methyl sites for hydroxylation is 2. The molecule has 0 aliphatic carbocycles. The van der Waals surface area contributed by atoms with Crippen LogP contribution in [-0.2, 0) is 22.4 Å². The van der Waals surface area contributed by atoms with Crippen LogP contribution in [0, 0.1) is 0 Å². The zero-order chi connectivity index (χ0) is 24.2. The van der Waals surface area contributed by atoms with E-state index in [0.29, 0.717) is 29.1 Å². The fraction of sp³-hybridized carbons (Fsp3) is 0.148. The number of carbonyl (C=O) groups is 3. The second-order valence-electron chi connectivity index (χ2n) is 7.71. The van der Waals surface area contributed by atoms with E-state index in [1.807, 2.05) is 44.2 Å². The van der Waals surface area contributed by atoms with Crippen molar-refractivity contribution in [2.45, 2.75) is 26.7 Å². The molecule has 0 unspecified atom stereocenters. The van der Waals surface area contributed by atoms with Crippen molar-refractivity contribution in [3.63, 3.8) is 0 Å². The summed E-state index contributed by atoms with van der Waals surface area (Å²) < 4.78 is 5.45. The lowest BCUT2D eigenvalue weighted by molar-refractivity contribution is -0.120. The number of anilines is 2. The van der Waals surface area contributed by atoms with Gasteiger partial charge in [-0.15, -0.1) is 0 Å². The highest BCUT2D eigenvalue weighted by Gasteiger charge is 2.39. The molecule has 1 aliphatic heterocycles. The molecule has 6 nitrogen and oxygen atoms in total. The number of nitrogens with one attached hydrogen (secondary N) is 1. The van der Waals surface area contributed by atoms with E-state index < -0.39 is 17.8 Å².